The maximum absolute atomic E-state index is 12.5. The van der Waals surface area contributed by atoms with E-state index in [-0.39, 0.29) is 18.9 Å². The number of rotatable bonds is 6. The van der Waals surface area contributed by atoms with Crippen LogP contribution >= 0.6 is 15.9 Å². The molecule has 5 heteroatoms. The monoisotopic (exact) mass is 355 g/mol. The van der Waals surface area contributed by atoms with Crippen LogP contribution in [0.5, 0.6) is 0 Å². The zero-order valence-corrected chi connectivity index (χ0v) is 13.0. The molecule has 2 rings (SSSR count). The number of benzene rings is 2. The Labute approximate surface area is 130 Å². The number of nitrogens with zero attached hydrogens (tertiary/aromatic N) is 1. The van der Waals surface area contributed by atoms with Gasteiger partial charge in [-0.05, 0) is 16.3 Å². The molecule has 0 spiro atoms. The van der Waals surface area contributed by atoms with Gasteiger partial charge in [0, 0.05) is 11.9 Å². The standard InChI is InChI=1S/C16H16BrF2NO/c17-7-8-20(11-15(18)19)16(21)10-12-5-6-13-3-1-2-4-14(13)9-12/h1-6,9,15H,7-8,10-11H2. The Hall–Kier alpha value is -1.49. The molecule has 0 aliphatic rings. The average Bonchev–Trinajstić information content (AvgIpc) is 2.46. The molecule has 0 fully saturated rings. The first-order chi connectivity index (χ1) is 10.1. The van der Waals surface area contributed by atoms with E-state index in [0.717, 1.165) is 16.3 Å². The summed E-state index contributed by atoms with van der Waals surface area (Å²) in [6.07, 6.45) is -2.37. The summed E-state index contributed by atoms with van der Waals surface area (Å²) in [5.41, 5.74) is 0.840. The van der Waals surface area contributed by atoms with Gasteiger partial charge in [-0.1, -0.05) is 58.4 Å². The molecule has 0 unspecified atom stereocenters. The van der Waals surface area contributed by atoms with E-state index < -0.39 is 13.0 Å². The quantitative estimate of drug-likeness (QED) is 0.720. The van der Waals surface area contributed by atoms with Crippen molar-refractivity contribution in [3.8, 4) is 0 Å². The van der Waals surface area contributed by atoms with Crippen molar-refractivity contribution in [2.45, 2.75) is 12.8 Å². The third kappa shape index (κ3) is 4.49. The first kappa shape index (κ1) is 15.9. The van der Waals surface area contributed by atoms with Crippen molar-refractivity contribution in [3.63, 3.8) is 0 Å². The molecule has 21 heavy (non-hydrogen) atoms. The highest BCUT2D eigenvalue weighted by Crippen LogP contribution is 2.16. The fourth-order valence-electron chi connectivity index (χ4n) is 2.22. The molecule has 0 heterocycles. The number of carbonyl (C=O) groups is 1. The molecular formula is C16H16BrF2NO. The maximum atomic E-state index is 12.5. The van der Waals surface area contributed by atoms with Crippen LogP contribution in [0.3, 0.4) is 0 Å². The number of carbonyl (C=O) groups excluding carboxylic acids is 1. The van der Waals surface area contributed by atoms with Gasteiger partial charge in [0.1, 0.15) is 0 Å². The van der Waals surface area contributed by atoms with Crippen LogP contribution in [0.1, 0.15) is 5.56 Å². The lowest BCUT2D eigenvalue weighted by atomic mass is 10.0. The minimum Gasteiger partial charge on any atom is -0.336 e. The number of hydrogen-bond donors (Lipinski definition) is 0. The summed E-state index contributed by atoms with van der Waals surface area (Å²) in [5.74, 6) is -0.273. The molecule has 2 aromatic rings. The van der Waals surface area contributed by atoms with Crippen LogP contribution < -0.4 is 0 Å². The molecule has 0 aliphatic carbocycles. The predicted molar refractivity (Wildman–Crippen MR) is 84.0 cm³/mol. The molecule has 112 valence electrons. The lowest BCUT2D eigenvalue weighted by Gasteiger charge is -2.21. The highest BCUT2D eigenvalue weighted by molar-refractivity contribution is 9.09. The zero-order chi connectivity index (χ0) is 15.2. The third-order valence-corrected chi connectivity index (χ3v) is 3.59. The fraction of sp³-hybridized carbons (Fsp3) is 0.312. The van der Waals surface area contributed by atoms with Gasteiger partial charge < -0.3 is 4.90 Å². The second-order valence-electron chi connectivity index (χ2n) is 4.78. The van der Waals surface area contributed by atoms with Gasteiger partial charge in [0.25, 0.3) is 6.43 Å². The number of hydrogen-bond acceptors (Lipinski definition) is 1. The number of amides is 1. The number of halogens is 3. The SMILES string of the molecule is O=C(Cc1ccc2ccccc2c1)N(CCBr)CC(F)F. The predicted octanol–water partition coefficient (Wildman–Crippen LogP) is 3.87. The van der Waals surface area contributed by atoms with Crippen LogP contribution in [0, 0.1) is 0 Å². The topological polar surface area (TPSA) is 20.3 Å². The Morgan fingerprint density at radius 3 is 2.52 bits per heavy atom. The lowest BCUT2D eigenvalue weighted by Crippen LogP contribution is -2.37. The largest absolute Gasteiger partial charge is 0.336 e. The lowest BCUT2D eigenvalue weighted by molar-refractivity contribution is -0.132. The highest BCUT2D eigenvalue weighted by atomic mass is 79.9. The molecule has 0 saturated carbocycles. The van der Waals surface area contributed by atoms with E-state index in [1.165, 1.54) is 4.90 Å². The molecule has 1 amide bonds. The Bertz CT molecular complexity index is 618. The fourth-order valence-corrected chi connectivity index (χ4v) is 2.65. The van der Waals surface area contributed by atoms with E-state index in [0.29, 0.717) is 5.33 Å². The van der Waals surface area contributed by atoms with Crippen molar-refractivity contribution in [1.82, 2.24) is 4.90 Å². The van der Waals surface area contributed by atoms with E-state index in [9.17, 15) is 13.6 Å². The molecule has 0 radical (unpaired) electrons. The second kappa shape index (κ2) is 7.50. The second-order valence-corrected chi connectivity index (χ2v) is 5.57. The Morgan fingerprint density at radius 1 is 1.14 bits per heavy atom. The molecular weight excluding hydrogens is 340 g/mol. The van der Waals surface area contributed by atoms with Gasteiger partial charge in [-0.25, -0.2) is 8.78 Å². The van der Waals surface area contributed by atoms with Crippen molar-refractivity contribution in [1.29, 1.82) is 0 Å². The number of fused-ring (bicyclic) bond motifs is 1. The van der Waals surface area contributed by atoms with E-state index >= 15 is 0 Å². The first-order valence-electron chi connectivity index (χ1n) is 6.69. The normalized spacial score (nSPS) is 11.0. The van der Waals surface area contributed by atoms with Crippen LogP contribution in [0.25, 0.3) is 10.8 Å². The van der Waals surface area contributed by atoms with Gasteiger partial charge in [0.2, 0.25) is 5.91 Å². The molecule has 0 N–H and O–H groups in total. The van der Waals surface area contributed by atoms with E-state index in [1.54, 1.807) is 0 Å². The summed E-state index contributed by atoms with van der Waals surface area (Å²) in [5, 5.41) is 2.63. The van der Waals surface area contributed by atoms with Crippen molar-refractivity contribution < 1.29 is 13.6 Å². The van der Waals surface area contributed by atoms with Crippen LogP contribution in [-0.4, -0.2) is 35.7 Å². The summed E-state index contributed by atoms with van der Waals surface area (Å²) in [6, 6.07) is 13.6. The van der Waals surface area contributed by atoms with E-state index in [2.05, 4.69) is 15.9 Å². The average molecular weight is 356 g/mol. The van der Waals surface area contributed by atoms with Crippen LogP contribution in [0.2, 0.25) is 0 Å². The van der Waals surface area contributed by atoms with Crippen LogP contribution in [0.4, 0.5) is 8.78 Å². The van der Waals surface area contributed by atoms with E-state index in [4.69, 9.17) is 0 Å². The summed E-state index contributed by atoms with van der Waals surface area (Å²) in [6.45, 7) is -0.227. The third-order valence-electron chi connectivity index (χ3n) is 3.23. The van der Waals surface area contributed by atoms with Gasteiger partial charge in [0.05, 0.1) is 13.0 Å². The molecule has 0 aliphatic heterocycles. The van der Waals surface area contributed by atoms with Crippen molar-refractivity contribution in [2.75, 3.05) is 18.4 Å². The zero-order valence-electron chi connectivity index (χ0n) is 11.4. The van der Waals surface area contributed by atoms with Gasteiger partial charge in [0.15, 0.2) is 0 Å². The Morgan fingerprint density at radius 2 is 1.86 bits per heavy atom. The minimum atomic E-state index is -2.51. The first-order valence-corrected chi connectivity index (χ1v) is 7.82. The van der Waals surface area contributed by atoms with Gasteiger partial charge in [-0.3, -0.25) is 4.79 Å². The maximum Gasteiger partial charge on any atom is 0.255 e. The van der Waals surface area contributed by atoms with Crippen LogP contribution in [-0.2, 0) is 11.2 Å². The molecule has 0 aromatic heterocycles. The van der Waals surface area contributed by atoms with Gasteiger partial charge >= 0.3 is 0 Å². The molecule has 0 saturated heterocycles. The van der Waals surface area contributed by atoms with E-state index in [1.807, 2.05) is 42.5 Å². The smallest absolute Gasteiger partial charge is 0.255 e. The molecule has 0 bridgehead atoms. The van der Waals surface area contributed by atoms with Gasteiger partial charge in [-0.2, -0.15) is 0 Å². The Balaban J connectivity index is 2.11. The summed E-state index contributed by atoms with van der Waals surface area (Å²) < 4.78 is 25.0. The summed E-state index contributed by atoms with van der Waals surface area (Å²) in [7, 11) is 0. The summed E-state index contributed by atoms with van der Waals surface area (Å²) in [4.78, 5) is 13.3. The van der Waals surface area contributed by atoms with Gasteiger partial charge in [-0.15, -0.1) is 0 Å². The van der Waals surface area contributed by atoms with Crippen molar-refractivity contribution >= 4 is 32.6 Å². The van der Waals surface area contributed by atoms with Crippen molar-refractivity contribution in [2.24, 2.45) is 0 Å². The number of alkyl halides is 3. The minimum absolute atomic E-state index is 0.143. The Kier molecular flexibility index (Phi) is 5.67. The molecule has 2 aromatic carbocycles. The van der Waals surface area contributed by atoms with Crippen LogP contribution in [0.15, 0.2) is 42.5 Å². The summed E-state index contributed by atoms with van der Waals surface area (Å²) >= 11 is 3.19. The molecule has 2 nitrogen and oxygen atoms in total. The molecule has 0 atom stereocenters. The van der Waals surface area contributed by atoms with Crippen molar-refractivity contribution in [3.05, 3.63) is 48.0 Å². The highest BCUT2D eigenvalue weighted by Gasteiger charge is 2.17.